The summed E-state index contributed by atoms with van der Waals surface area (Å²) in [7, 11) is 0. The van der Waals surface area contributed by atoms with Crippen LogP contribution in [0.15, 0.2) is 22.7 Å². The molecule has 0 saturated carbocycles. The largest absolute Gasteiger partial charge is 0.290 e. The minimum Gasteiger partial charge on any atom is -0.290 e. The van der Waals surface area contributed by atoms with Gasteiger partial charge >= 0.3 is 0 Å². The van der Waals surface area contributed by atoms with Crippen LogP contribution < -0.4 is 11.3 Å². The third-order valence-corrected chi connectivity index (χ3v) is 2.03. The van der Waals surface area contributed by atoms with E-state index in [2.05, 4.69) is 15.9 Å². The summed E-state index contributed by atoms with van der Waals surface area (Å²) < 4.78 is 0.526. The SMILES string of the molecule is NNC(=O)c1ccc(Br)cc1[N+](=O)[O-]. The molecule has 6 nitrogen and oxygen atoms in total. The van der Waals surface area contributed by atoms with Gasteiger partial charge in [-0.25, -0.2) is 5.84 Å². The molecule has 0 atom stereocenters. The van der Waals surface area contributed by atoms with Crippen molar-refractivity contribution >= 4 is 27.5 Å². The van der Waals surface area contributed by atoms with Crippen molar-refractivity contribution < 1.29 is 9.72 Å². The predicted octanol–water partition coefficient (Wildman–Crippen LogP) is 0.961. The van der Waals surface area contributed by atoms with Gasteiger partial charge in [-0.1, -0.05) is 15.9 Å². The third kappa shape index (κ3) is 2.06. The number of carbonyl (C=O) groups is 1. The maximum Gasteiger partial charge on any atom is 0.283 e. The summed E-state index contributed by atoms with van der Waals surface area (Å²) in [6, 6.07) is 4.09. The molecular formula is C7H6BrN3O3. The Morgan fingerprint density at radius 1 is 1.57 bits per heavy atom. The molecule has 0 aliphatic carbocycles. The van der Waals surface area contributed by atoms with Crippen LogP contribution >= 0.6 is 15.9 Å². The highest BCUT2D eigenvalue weighted by Crippen LogP contribution is 2.23. The molecule has 0 spiro atoms. The van der Waals surface area contributed by atoms with Gasteiger partial charge in [0.2, 0.25) is 0 Å². The average Bonchev–Trinajstić information content (AvgIpc) is 2.16. The number of rotatable bonds is 2. The monoisotopic (exact) mass is 259 g/mol. The highest BCUT2D eigenvalue weighted by atomic mass is 79.9. The third-order valence-electron chi connectivity index (χ3n) is 1.53. The van der Waals surface area contributed by atoms with E-state index in [4.69, 9.17) is 5.84 Å². The molecule has 1 aromatic rings. The number of halogens is 1. The Bertz CT molecular complexity index is 394. The molecule has 0 aromatic heterocycles. The van der Waals surface area contributed by atoms with Gasteiger partial charge in [-0.15, -0.1) is 0 Å². The van der Waals surface area contributed by atoms with Crippen LogP contribution in [0.5, 0.6) is 0 Å². The maximum absolute atomic E-state index is 11.1. The fraction of sp³-hybridized carbons (Fsp3) is 0. The van der Waals surface area contributed by atoms with Gasteiger partial charge in [-0.2, -0.15) is 0 Å². The second-order valence-corrected chi connectivity index (χ2v) is 3.31. The Balaban J connectivity index is 3.28. The van der Waals surface area contributed by atoms with Gasteiger partial charge in [-0.3, -0.25) is 20.3 Å². The highest BCUT2D eigenvalue weighted by Gasteiger charge is 2.19. The first-order valence-corrected chi connectivity index (χ1v) is 4.30. The zero-order valence-corrected chi connectivity index (χ0v) is 8.45. The summed E-state index contributed by atoms with van der Waals surface area (Å²) in [5.41, 5.74) is 1.48. The van der Waals surface area contributed by atoms with E-state index < -0.39 is 10.8 Å². The van der Waals surface area contributed by atoms with Crippen LogP contribution in [-0.4, -0.2) is 10.8 Å². The molecule has 0 bridgehead atoms. The molecule has 0 saturated heterocycles. The Morgan fingerprint density at radius 3 is 2.71 bits per heavy atom. The van der Waals surface area contributed by atoms with Crippen molar-refractivity contribution in [1.82, 2.24) is 5.43 Å². The standard InChI is InChI=1S/C7H6BrN3O3/c8-4-1-2-5(7(12)10-9)6(3-4)11(13)14/h1-3H,9H2,(H,10,12). The topological polar surface area (TPSA) is 98.3 Å². The van der Waals surface area contributed by atoms with Crippen LogP contribution in [0.2, 0.25) is 0 Å². The van der Waals surface area contributed by atoms with Gasteiger partial charge in [0.25, 0.3) is 11.6 Å². The van der Waals surface area contributed by atoms with Crippen LogP contribution in [0.1, 0.15) is 10.4 Å². The molecule has 1 rings (SSSR count). The average molecular weight is 260 g/mol. The molecule has 7 heteroatoms. The fourth-order valence-electron chi connectivity index (χ4n) is 0.926. The van der Waals surface area contributed by atoms with Gasteiger partial charge in [0.15, 0.2) is 0 Å². The second kappa shape index (κ2) is 4.16. The van der Waals surface area contributed by atoms with Gasteiger partial charge in [0, 0.05) is 10.5 Å². The van der Waals surface area contributed by atoms with E-state index in [0.717, 1.165) is 0 Å². The van der Waals surface area contributed by atoms with E-state index in [1.54, 1.807) is 0 Å². The zero-order chi connectivity index (χ0) is 10.7. The lowest BCUT2D eigenvalue weighted by Gasteiger charge is -2.01. The molecule has 3 N–H and O–H groups in total. The second-order valence-electron chi connectivity index (χ2n) is 2.39. The lowest BCUT2D eigenvalue weighted by Crippen LogP contribution is -2.30. The number of nitrogen functional groups attached to an aromatic ring is 1. The van der Waals surface area contributed by atoms with Gasteiger partial charge in [0.1, 0.15) is 5.56 Å². The molecule has 1 aromatic carbocycles. The van der Waals surface area contributed by atoms with Crippen molar-refractivity contribution in [2.24, 2.45) is 5.84 Å². The first-order valence-electron chi connectivity index (χ1n) is 3.51. The summed E-state index contributed by atoms with van der Waals surface area (Å²) in [5, 5.41) is 10.6. The maximum atomic E-state index is 11.1. The molecular weight excluding hydrogens is 254 g/mol. The molecule has 0 aliphatic heterocycles. The number of hydrogen-bond acceptors (Lipinski definition) is 4. The van der Waals surface area contributed by atoms with Crippen molar-refractivity contribution in [3.63, 3.8) is 0 Å². The van der Waals surface area contributed by atoms with Crippen LogP contribution in [0.25, 0.3) is 0 Å². The number of nitrogens with one attached hydrogen (secondary N) is 1. The number of amides is 1. The van der Waals surface area contributed by atoms with Crippen molar-refractivity contribution in [1.29, 1.82) is 0 Å². The predicted molar refractivity (Wildman–Crippen MR) is 52.4 cm³/mol. The fourth-order valence-corrected chi connectivity index (χ4v) is 1.27. The molecule has 0 unspecified atom stereocenters. The molecule has 0 fully saturated rings. The van der Waals surface area contributed by atoms with Gasteiger partial charge in [0.05, 0.1) is 4.92 Å². The first-order chi connectivity index (χ1) is 6.56. The Hall–Kier alpha value is -1.47. The minimum absolute atomic E-state index is 0.0688. The highest BCUT2D eigenvalue weighted by molar-refractivity contribution is 9.10. The lowest BCUT2D eigenvalue weighted by molar-refractivity contribution is -0.385. The number of benzene rings is 1. The first kappa shape index (κ1) is 10.6. The number of nitrogens with zero attached hydrogens (tertiary/aromatic N) is 1. The smallest absolute Gasteiger partial charge is 0.283 e. The normalized spacial score (nSPS) is 9.57. The number of hydrogen-bond donors (Lipinski definition) is 2. The van der Waals surface area contributed by atoms with E-state index in [0.29, 0.717) is 4.47 Å². The number of nitrogens with two attached hydrogens (primary N) is 1. The summed E-state index contributed by atoms with van der Waals surface area (Å²) in [5.74, 6) is 4.19. The quantitative estimate of drug-likeness (QED) is 0.358. The van der Waals surface area contributed by atoms with Crippen LogP contribution in [0.4, 0.5) is 5.69 Å². The number of carbonyl (C=O) groups excluding carboxylic acids is 1. The number of nitro benzene ring substituents is 1. The lowest BCUT2D eigenvalue weighted by atomic mass is 10.2. The molecule has 1 amide bonds. The van der Waals surface area contributed by atoms with E-state index in [9.17, 15) is 14.9 Å². The zero-order valence-electron chi connectivity index (χ0n) is 6.86. The molecule has 14 heavy (non-hydrogen) atoms. The molecule has 0 heterocycles. The van der Waals surface area contributed by atoms with Crippen LogP contribution in [-0.2, 0) is 0 Å². The van der Waals surface area contributed by atoms with E-state index in [1.807, 2.05) is 5.43 Å². The van der Waals surface area contributed by atoms with Crippen LogP contribution in [0.3, 0.4) is 0 Å². The van der Waals surface area contributed by atoms with Crippen molar-refractivity contribution in [2.45, 2.75) is 0 Å². The van der Waals surface area contributed by atoms with E-state index in [-0.39, 0.29) is 11.3 Å². The molecule has 74 valence electrons. The summed E-state index contributed by atoms with van der Waals surface area (Å²) in [4.78, 5) is 21.0. The minimum atomic E-state index is -0.691. The Morgan fingerprint density at radius 2 is 2.21 bits per heavy atom. The summed E-state index contributed by atoms with van der Waals surface area (Å²) in [6.45, 7) is 0. The summed E-state index contributed by atoms with van der Waals surface area (Å²) in [6.07, 6.45) is 0. The number of hydrazine groups is 1. The van der Waals surface area contributed by atoms with Crippen molar-refractivity contribution in [3.05, 3.63) is 38.3 Å². The Kier molecular flexibility index (Phi) is 3.15. The molecule has 0 aliphatic rings. The van der Waals surface area contributed by atoms with Crippen molar-refractivity contribution in [3.8, 4) is 0 Å². The van der Waals surface area contributed by atoms with E-state index in [1.165, 1.54) is 18.2 Å². The Labute approximate surface area is 87.3 Å². The number of nitro groups is 1. The van der Waals surface area contributed by atoms with Gasteiger partial charge in [-0.05, 0) is 12.1 Å². The molecule has 0 radical (unpaired) electrons. The summed E-state index contributed by atoms with van der Waals surface area (Å²) >= 11 is 3.07. The van der Waals surface area contributed by atoms with Crippen molar-refractivity contribution in [2.75, 3.05) is 0 Å². The van der Waals surface area contributed by atoms with Gasteiger partial charge < -0.3 is 0 Å². The van der Waals surface area contributed by atoms with Crippen LogP contribution in [0, 0.1) is 10.1 Å². The van der Waals surface area contributed by atoms with E-state index >= 15 is 0 Å².